The summed E-state index contributed by atoms with van der Waals surface area (Å²) in [4.78, 5) is 17.5. The first-order valence-electron chi connectivity index (χ1n) is 10.3. The molecule has 154 valence electrons. The molecule has 1 aliphatic rings. The van der Waals surface area contributed by atoms with E-state index >= 15 is 0 Å². The molecule has 0 aromatic heterocycles. The van der Waals surface area contributed by atoms with Gasteiger partial charge in [0.1, 0.15) is 11.6 Å². The van der Waals surface area contributed by atoms with E-state index < -0.39 is 0 Å². The monoisotopic (exact) mass is 404 g/mol. The number of rotatable bonds is 5. The zero-order valence-electron chi connectivity index (χ0n) is 16.7. The van der Waals surface area contributed by atoms with Crippen molar-refractivity contribution in [1.29, 1.82) is 0 Å². The Bertz CT molecular complexity index is 984. The molecule has 0 aliphatic carbocycles. The quantitative estimate of drug-likeness (QED) is 0.662. The van der Waals surface area contributed by atoms with E-state index in [2.05, 4.69) is 4.90 Å². The standard InChI is InChI=1S/C25H25FN2O2/c26-21-12-10-19(11-13-21)25(30)28(22-7-2-1-3-8-22)23-14-16-27(17-15-23)18-20-6-4-5-9-24(20)29/h1-13,23,29H,14-18H2. The maximum absolute atomic E-state index is 13.3. The topological polar surface area (TPSA) is 43.8 Å². The van der Waals surface area contributed by atoms with Gasteiger partial charge in [-0.25, -0.2) is 4.39 Å². The summed E-state index contributed by atoms with van der Waals surface area (Å²) in [5.74, 6) is -0.146. The third-order valence-corrected chi connectivity index (χ3v) is 5.65. The summed E-state index contributed by atoms with van der Waals surface area (Å²) in [6.07, 6.45) is 1.66. The van der Waals surface area contributed by atoms with Crippen LogP contribution in [0.4, 0.5) is 10.1 Å². The highest BCUT2D eigenvalue weighted by Crippen LogP contribution is 2.27. The van der Waals surface area contributed by atoms with E-state index in [0.717, 1.165) is 37.2 Å². The number of amides is 1. The molecule has 0 spiro atoms. The van der Waals surface area contributed by atoms with Crippen molar-refractivity contribution in [3.63, 3.8) is 0 Å². The van der Waals surface area contributed by atoms with Crippen LogP contribution in [0.15, 0.2) is 78.9 Å². The molecule has 30 heavy (non-hydrogen) atoms. The van der Waals surface area contributed by atoms with Crippen LogP contribution in [0.25, 0.3) is 0 Å². The van der Waals surface area contributed by atoms with E-state index in [4.69, 9.17) is 0 Å². The summed E-state index contributed by atoms with van der Waals surface area (Å²) in [6, 6.07) is 22.9. The number of anilines is 1. The summed E-state index contributed by atoms with van der Waals surface area (Å²) < 4.78 is 13.3. The normalized spacial score (nSPS) is 15.1. The lowest BCUT2D eigenvalue weighted by Gasteiger charge is -2.38. The van der Waals surface area contributed by atoms with E-state index in [1.54, 1.807) is 18.2 Å². The Hall–Kier alpha value is -3.18. The third kappa shape index (κ3) is 4.52. The zero-order valence-corrected chi connectivity index (χ0v) is 16.7. The van der Waals surface area contributed by atoms with E-state index in [-0.39, 0.29) is 17.8 Å². The molecule has 0 saturated carbocycles. The number of phenolic OH excluding ortho intramolecular Hbond substituents is 1. The lowest BCUT2D eigenvalue weighted by molar-refractivity contribution is 0.0958. The molecule has 1 fully saturated rings. The molecule has 1 heterocycles. The van der Waals surface area contributed by atoms with Gasteiger partial charge in [-0.1, -0.05) is 36.4 Å². The molecule has 0 atom stereocenters. The molecule has 3 aromatic carbocycles. The summed E-state index contributed by atoms with van der Waals surface area (Å²) >= 11 is 0. The molecule has 1 saturated heterocycles. The van der Waals surface area contributed by atoms with Gasteiger partial charge in [0, 0.05) is 42.5 Å². The SMILES string of the molecule is O=C(c1ccc(F)cc1)N(c1ccccc1)C1CCN(Cc2ccccc2O)CC1. The van der Waals surface area contributed by atoms with Gasteiger partial charge in [0.25, 0.3) is 5.91 Å². The highest BCUT2D eigenvalue weighted by Gasteiger charge is 2.30. The number of carbonyl (C=O) groups excluding carboxylic acids is 1. The molecule has 1 N–H and O–H groups in total. The second-order valence-corrected chi connectivity index (χ2v) is 7.65. The second kappa shape index (κ2) is 9.09. The minimum atomic E-state index is -0.352. The number of piperidine rings is 1. The first-order valence-corrected chi connectivity index (χ1v) is 10.3. The average molecular weight is 404 g/mol. The number of phenols is 1. The van der Waals surface area contributed by atoms with Crippen LogP contribution in [0, 0.1) is 5.82 Å². The number of likely N-dealkylation sites (tertiary alicyclic amines) is 1. The third-order valence-electron chi connectivity index (χ3n) is 5.65. The number of para-hydroxylation sites is 2. The fraction of sp³-hybridized carbons (Fsp3) is 0.240. The minimum absolute atomic E-state index is 0.0607. The van der Waals surface area contributed by atoms with Gasteiger partial charge in [0.05, 0.1) is 0 Å². The number of nitrogens with zero attached hydrogens (tertiary/aromatic N) is 2. The predicted octanol–water partition coefficient (Wildman–Crippen LogP) is 4.84. The van der Waals surface area contributed by atoms with Gasteiger partial charge < -0.3 is 10.0 Å². The summed E-state index contributed by atoms with van der Waals surface area (Å²) in [5.41, 5.74) is 2.25. The molecular formula is C25H25FN2O2. The predicted molar refractivity (Wildman–Crippen MR) is 116 cm³/mol. The first-order chi connectivity index (χ1) is 14.6. The number of benzene rings is 3. The lowest BCUT2D eigenvalue weighted by atomic mass is 10.00. The van der Waals surface area contributed by atoms with Gasteiger partial charge >= 0.3 is 0 Å². The van der Waals surface area contributed by atoms with Crippen molar-refractivity contribution < 1.29 is 14.3 Å². The van der Waals surface area contributed by atoms with Crippen LogP contribution >= 0.6 is 0 Å². The minimum Gasteiger partial charge on any atom is -0.508 e. The number of aromatic hydroxyl groups is 1. The Balaban J connectivity index is 1.50. The fourth-order valence-corrected chi connectivity index (χ4v) is 4.04. The van der Waals surface area contributed by atoms with E-state index in [1.165, 1.54) is 12.1 Å². The maximum Gasteiger partial charge on any atom is 0.258 e. The summed E-state index contributed by atoms with van der Waals surface area (Å²) in [6.45, 7) is 2.36. The lowest BCUT2D eigenvalue weighted by Crippen LogP contribution is -2.47. The van der Waals surface area contributed by atoms with E-state index in [1.807, 2.05) is 53.4 Å². The number of hydrogen-bond donors (Lipinski definition) is 1. The molecular weight excluding hydrogens is 379 g/mol. The molecule has 1 amide bonds. The molecule has 5 heteroatoms. The van der Waals surface area contributed by atoms with Crippen molar-refractivity contribution in [2.45, 2.75) is 25.4 Å². The van der Waals surface area contributed by atoms with Crippen LogP contribution in [0.3, 0.4) is 0 Å². The number of halogens is 1. The highest BCUT2D eigenvalue weighted by molar-refractivity contribution is 6.06. The van der Waals surface area contributed by atoms with Crippen molar-refractivity contribution >= 4 is 11.6 Å². The van der Waals surface area contributed by atoms with Crippen LogP contribution in [0.2, 0.25) is 0 Å². The van der Waals surface area contributed by atoms with Crippen molar-refractivity contribution in [1.82, 2.24) is 4.90 Å². The van der Waals surface area contributed by atoms with Crippen LogP contribution in [0.1, 0.15) is 28.8 Å². The molecule has 1 aliphatic heterocycles. The molecule has 0 bridgehead atoms. The van der Waals surface area contributed by atoms with E-state index in [9.17, 15) is 14.3 Å². The van der Waals surface area contributed by atoms with Crippen LogP contribution in [-0.2, 0) is 6.54 Å². The number of carbonyl (C=O) groups is 1. The Morgan fingerprint density at radius 2 is 1.57 bits per heavy atom. The van der Waals surface area contributed by atoms with Crippen LogP contribution < -0.4 is 4.90 Å². The van der Waals surface area contributed by atoms with Gasteiger partial charge in [0.15, 0.2) is 0 Å². The second-order valence-electron chi connectivity index (χ2n) is 7.65. The van der Waals surface area contributed by atoms with Gasteiger partial charge in [-0.2, -0.15) is 0 Å². The van der Waals surface area contributed by atoms with Gasteiger partial charge in [-0.05, 0) is 55.3 Å². The van der Waals surface area contributed by atoms with Crippen LogP contribution in [0.5, 0.6) is 5.75 Å². The van der Waals surface area contributed by atoms with Gasteiger partial charge in [-0.3, -0.25) is 9.69 Å². The Morgan fingerprint density at radius 3 is 2.23 bits per heavy atom. The number of hydrogen-bond acceptors (Lipinski definition) is 3. The smallest absolute Gasteiger partial charge is 0.258 e. The van der Waals surface area contributed by atoms with Crippen molar-refractivity contribution in [2.75, 3.05) is 18.0 Å². The van der Waals surface area contributed by atoms with E-state index in [0.29, 0.717) is 17.9 Å². The van der Waals surface area contributed by atoms with Crippen molar-refractivity contribution in [3.05, 3.63) is 95.8 Å². The molecule has 4 nitrogen and oxygen atoms in total. The summed E-state index contributed by atoms with van der Waals surface area (Å²) in [7, 11) is 0. The maximum atomic E-state index is 13.3. The molecule has 0 radical (unpaired) electrons. The molecule has 0 unspecified atom stereocenters. The molecule has 4 rings (SSSR count). The molecule has 3 aromatic rings. The van der Waals surface area contributed by atoms with Crippen LogP contribution in [-0.4, -0.2) is 35.0 Å². The van der Waals surface area contributed by atoms with Gasteiger partial charge in [0.2, 0.25) is 0 Å². The largest absolute Gasteiger partial charge is 0.508 e. The zero-order chi connectivity index (χ0) is 20.9. The van der Waals surface area contributed by atoms with Crippen molar-refractivity contribution in [3.8, 4) is 5.75 Å². The Morgan fingerprint density at radius 1 is 0.933 bits per heavy atom. The Labute approximate surface area is 176 Å². The Kier molecular flexibility index (Phi) is 6.10. The summed E-state index contributed by atoms with van der Waals surface area (Å²) in [5, 5.41) is 10.0. The van der Waals surface area contributed by atoms with Crippen molar-refractivity contribution in [2.24, 2.45) is 0 Å². The van der Waals surface area contributed by atoms with Gasteiger partial charge in [-0.15, -0.1) is 0 Å². The highest BCUT2D eigenvalue weighted by atomic mass is 19.1. The first kappa shape index (κ1) is 20.1. The average Bonchev–Trinajstić information content (AvgIpc) is 2.78. The fourth-order valence-electron chi connectivity index (χ4n) is 4.04.